The zero-order chi connectivity index (χ0) is 17.4. The fraction of sp³-hybridized carbons (Fsp3) is 0.105. The van der Waals surface area contributed by atoms with Crippen LogP contribution in [0.2, 0.25) is 0 Å². The molecule has 4 rings (SSSR count). The summed E-state index contributed by atoms with van der Waals surface area (Å²) in [6.07, 6.45) is 3.23. The predicted molar refractivity (Wildman–Crippen MR) is 100 cm³/mol. The van der Waals surface area contributed by atoms with Gasteiger partial charge in [0.05, 0.1) is 11.0 Å². The number of nitrogen functional groups attached to an aromatic ring is 1. The number of aryl methyl sites for hydroxylation is 2. The molecule has 0 atom stereocenters. The number of anilines is 3. The van der Waals surface area contributed by atoms with Crippen LogP contribution in [0, 0.1) is 13.8 Å². The van der Waals surface area contributed by atoms with Crippen molar-refractivity contribution in [2.24, 2.45) is 0 Å². The number of imidazole rings is 1. The first-order valence-electron chi connectivity index (χ1n) is 8.00. The highest BCUT2D eigenvalue weighted by atomic mass is 15.2. The van der Waals surface area contributed by atoms with Gasteiger partial charge >= 0.3 is 0 Å². The third-order valence-corrected chi connectivity index (χ3v) is 4.03. The SMILES string of the molecule is Cc1cc(C)cc(Nc2ncnc(-n3cnc4ccccc43)c2N)c1. The Labute approximate surface area is 145 Å². The van der Waals surface area contributed by atoms with E-state index in [2.05, 4.69) is 52.3 Å². The van der Waals surface area contributed by atoms with Crippen LogP contribution in [0.25, 0.3) is 16.9 Å². The van der Waals surface area contributed by atoms with E-state index in [0.29, 0.717) is 17.3 Å². The lowest BCUT2D eigenvalue weighted by molar-refractivity contribution is 1.00. The molecule has 6 nitrogen and oxygen atoms in total. The topological polar surface area (TPSA) is 81.7 Å². The van der Waals surface area contributed by atoms with E-state index in [0.717, 1.165) is 16.7 Å². The lowest BCUT2D eigenvalue weighted by atomic mass is 10.1. The quantitative estimate of drug-likeness (QED) is 0.598. The lowest BCUT2D eigenvalue weighted by Crippen LogP contribution is -2.07. The second kappa shape index (κ2) is 5.90. The van der Waals surface area contributed by atoms with Crippen LogP contribution in [0.1, 0.15) is 11.1 Å². The minimum Gasteiger partial charge on any atom is -0.393 e. The Bertz CT molecular complexity index is 1050. The molecule has 0 bridgehead atoms. The molecule has 0 saturated carbocycles. The molecule has 124 valence electrons. The highest BCUT2D eigenvalue weighted by Gasteiger charge is 2.13. The molecule has 4 aromatic rings. The Hall–Kier alpha value is -3.41. The first-order valence-corrected chi connectivity index (χ1v) is 8.00. The van der Waals surface area contributed by atoms with E-state index >= 15 is 0 Å². The number of rotatable bonds is 3. The number of hydrogen-bond donors (Lipinski definition) is 2. The average Bonchev–Trinajstić information content (AvgIpc) is 3.00. The van der Waals surface area contributed by atoms with E-state index in [1.807, 2.05) is 28.8 Å². The molecular weight excluding hydrogens is 312 g/mol. The number of para-hydroxylation sites is 2. The van der Waals surface area contributed by atoms with Gasteiger partial charge in [-0.15, -0.1) is 0 Å². The Morgan fingerprint density at radius 3 is 2.52 bits per heavy atom. The molecule has 0 radical (unpaired) electrons. The Kier molecular flexibility index (Phi) is 3.57. The number of nitrogens with one attached hydrogen (secondary N) is 1. The van der Waals surface area contributed by atoms with Gasteiger partial charge in [0.2, 0.25) is 0 Å². The van der Waals surface area contributed by atoms with Crippen molar-refractivity contribution in [2.75, 3.05) is 11.1 Å². The summed E-state index contributed by atoms with van der Waals surface area (Å²) in [7, 11) is 0. The molecule has 0 amide bonds. The third kappa shape index (κ3) is 2.78. The predicted octanol–water partition coefficient (Wildman–Crippen LogP) is 3.76. The molecule has 25 heavy (non-hydrogen) atoms. The van der Waals surface area contributed by atoms with Gasteiger partial charge < -0.3 is 11.1 Å². The van der Waals surface area contributed by atoms with Crippen molar-refractivity contribution >= 4 is 28.2 Å². The number of nitrogens with zero attached hydrogens (tertiary/aromatic N) is 4. The van der Waals surface area contributed by atoms with Crippen molar-refractivity contribution in [2.45, 2.75) is 13.8 Å². The number of benzene rings is 2. The smallest absolute Gasteiger partial charge is 0.167 e. The first kappa shape index (κ1) is 15.1. The average molecular weight is 330 g/mol. The Morgan fingerprint density at radius 2 is 1.72 bits per heavy atom. The van der Waals surface area contributed by atoms with E-state index < -0.39 is 0 Å². The highest BCUT2D eigenvalue weighted by molar-refractivity contribution is 5.81. The molecule has 0 aliphatic carbocycles. The van der Waals surface area contributed by atoms with Gasteiger partial charge in [0.15, 0.2) is 11.6 Å². The molecule has 0 fully saturated rings. The van der Waals surface area contributed by atoms with Crippen molar-refractivity contribution in [1.82, 2.24) is 19.5 Å². The number of hydrogen-bond acceptors (Lipinski definition) is 5. The second-order valence-electron chi connectivity index (χ2n) is 6.06. The molecule has 2 aromatic heterocycles. The van der Waals surface area contributed by atoms with E-state index in [1.54, 1.807) is 6.33 Å². The molecule has 2 heterocycles. The molecule has 0 spiro atoms. The van der Waals surface area contributed by atoms with Crippen LogP contribution in [0.15, 0.2) is 55.1 Å². The number of nitrogens with two attached hydrogens (primary N) is 1. The minimum absolute atomic E-state index is 0.477. The normalized spacial score (nSPS) is 11.0. The van der Waals surface area contributed by atoms with Crippen LogP contribution in [-0.2, 0) is 0 Å². The summed E-state index contributed by atoms with van der Waals surface area (Å²) in [5, 5.41) is 3.29. The molecule has 0 unspecified atom stereocenters. The summed E-state index contributed by atoms with van der Waals surface area (Å²) in [6.45, 7) is 4.12. The molecule has 0 saturated heterocycles. The largest absolute Gasteiger partial charge is 0.393 e. The second-order valence-corrected chi connectivity index (χ2v) is 6.06. The van der Waals surface area contributed by atoms with Gasteiger partial charge in [0, 0.05) is 5.69 Å². The van der Waals surface area contributed by atoms with Crippen LogP contribution in [0.4, 0.5) is 17.2 Å². The maximum Gasteiger partial charge on any atom is 0.167 e. The van der Waals surface area contributed by atoms with Gasteiger partial charge in [-0.3, -0.25) is 4.57 Å². The van der Waals surface area contributed by atoms with Crippen LogP contribution in [0.3, 0.4) is 0 Å². The van der Waals surface area contributed by atoms with Crippen molar-refractivity contribution in [3.63, 3.8) is 0 Å². The molecule has 6 heteroatoms. The number of aromatic nitrogens is 4. The summed E-state index contributed by atoms with van der Waals surface area (Å²) in [5.74, 6) is 1.18. The van der Waals surface area contributed by atoms with E-state index in [-0.39, 0.29) is 0 Å². The zero-order valence-electron chi connectivity index (χ0n) is 14.1. The number of fused-ring (bicyclic) bond motifs is 1. The van der Waals surface area contributed by atoms with Crippen LogP contribution >= 0.6 is 0 Å². The van der Waals surface area contributed by atoms with Gasteiger partial charge in [-0.25, -0.2) is 15.0 Å². The van der Waals surface area contributed by atoms with Crippen molar-refractivity contribution < 1.29 is 0 Å². The van der Waals surface area contributed by atoms with E-state index in [4.69, 9.17) is 5.73 Å². The van der Waals surface area contributed by atoms with E-state index in [1.165, 1.54) is 17.5 Å². The fourth-order valence-corrected chi connectivity index (χ4v) is 2.99. The summed E-state index contributed by atoms with van der Waals surface area (Å²) < 4.78 is 1.87. The summed E-state index contributed by atoms with van der Waals surface area (Å²) >= 11 is 0. The third-order valence-electron chi connectivity index (χ3n) is 4.03. The van der Waals surface area contributed by atoms with Crippen LogP contribution in [0.5, 0.6) is 0 Å². The van der Waals surface area contributed by atoms with Crippen molar-refractivity contribution in [1.29, 1.82) is 0 Å². The summed E-state index contributed by atoms with van der Waals surface area (Å²) in [6, 6.07) is 14.1. The minimum atomic E-state index is 0.477. The monoisotopic (exact) mass is 330 g/mol. The van der Waals surface area contributed by atoms with E-state index in [9.17, 15) is 0 Å². The van der Waals surface area contributed by atoms with Gasteiger partial charge in [-0.2, -0.15) is 0 Å². The van der Waals surface area contributed by atoms with Gasteiger partial charge in [0.25, 0.3) is 0 Å². The first-order chi connectivity index (χ1) is 12.1. The summed E-state index contributed by atoms with van der Waals surface area (Å²) in [4.78, 5) is 13.1. The van der Waals surface area contributed by atoms with Crippen LogP contribution < -0.4 is 11.1 Å². The van der Waals surface area contributed by atoms with Gasteiger partial charge in [0.1, 0.15) is 18.3 Å². The highest BCUT2D eigenvalue weighted by Crippen LogP contribution is 2.27. The fourth-order valence-electron chi connectivity index (χ4n) is 2.99. The Morgan fingerprint density at radius 1 is 0.960 bits per heavy atom. The maximum atomic E-state index is 6.35. The van der Waals surface area contributed by atoms with Gasteiger partial charge in [-0.1, -0.05) is 18.2 Å². The van der Waals surface area contributed by atoms with Crippen molar-refractivity contribution in [3.05, 3.63) is 66.2 Å². The maximum absolute atomic E-state index is 6.35. The summed E-state index contributed by atoms with van der Waals surface area (Å²) in [5.41, 5.74) is 12.0. The standard InChI is InChI=1S/C19H18N6/c1-12-7-13(2)9-14(8-12)24-18-17(20)19(22-10-21-18)25-11-23-15-5-3-4-6-16(15)25/h3-11H,20H2,1-2H3,(H,21,22,24). The molecule has 2 aromatic carbocycles. The molecular formula is C19H18N6. The lowest BCUT2D eigenvalue weighted by Gasteiger charge is -2.13. The zero-order valence-corrected chi connectivity index (χ0v) is 14.1. The van der Waals surface area contributed by atoms with Gasteiger partial charge in [-0.05, 0) is 49.2 Å². The molecule has 0 aliphatic heterocycles. The molecule has 0 aliphatic rings. The molecule has 3 N–H and O–H groups in total. The van der Waals surface area contributed by atoms with Crippen molar-refractivity contribution in [3.8, 4) is 5.82 Å². The van der Waals surface area contributed by atoms with Crippen LogP contribution in [-0.4, -0.2) is 19.5 Å². The Balaban J connectivity index is 1.78.